The van der Waals surface area contributed by atoms with Crippen molar-refractivity contribution in [3.8, 4) is 11.3 Å². The molecule has 0 aliphatic carbocycles. The third kappa shape index (κ3) is 4.25. The van der Waals surface area contributed by atoms with Crippen LogP contribution >= 0.6 is 0 Å². The van der Waals surface area contributed by atoms with E-state index in [9.17, 15) is 14.0 Å². The lowest BCUT2D eigenvalue weighted by atomic mass is 10.1. The molecule has 144 valence electrons. The van der Waals surface area contributed by atoms with Crippen molar-refractivity contribution in [2.75, 3.05) is 12.4 Å². The number of carbonyl (C=O) groups is 2. The standard InChI is InChI=1S/C21H19FN2O4/c1-13-14(21(26)27-2)7-5-9-17(13)24-19(25)10-11-20-23-12-18(28-20)15-6-3-4-8-16(15)22/h3-9,12H,10-11H2,1-2H3,(H,24,25). The minimum atomic E-state index is -0.464. The van der Waals surface area contributed by atoms with Gasteiger partial charge >= 0.3 is 5.97 Å². The molecule has 0 atom stereocenters. The van der Waals surface area contributed by atoms with Gasteiger partial charge in [-0.1, -0.05) is 18.2 Å². The number of esters is 1. The number of methoxy groups -OCH3 is 1. The lowest BCUT2D eigenvalue weighted by molar-refractivity contribution is -0.116. The largest absolute Gasteiger partial charge is 0.465 e. The van der Waals surface area contributed by atoms with Crippen LogP contribution < -0.4 is 5.32 Å². The zero-order valence-corrected chi connectivity index (χ0v) is 15.5. The van der Waals surface area contributed by atoms with Crippen LogP contribution in [0.1, 0.15) is 28.2 Å². The first-order valence-corrected chi connectivity index (χ1v) is 8.67. The molecule has 1 N–H and O–H groups in total. The number of ether oxygens (including phenoxy) is 1. The van der Waals surface area contributed by atoms with Gasteiger partial charge in [-0.05, 0) is 36.8 Å². The fraction of sp³-hybridized carbons (Fsp3) is 0.190. The number of anilines is 1. The Kier molecular flexibility index (Phi) is 5.84. The van der Waals surface area contributed by atoms with Gasteiger partial charge in [0.15, 0.2) is 11.7 Å². The molecule has 0 fully saturated rings. The van der Waals surface area contributed by atoms with Crippen LogP contribution in [0.25, 0.3) is 11.3 Å². The van der Waals surface area contributed by atoms with E-state index in [4.69, 9.17) is 9.15 Å². The monoisotopic (exact) mass is 382 g/mol. The Balaban J connectivity index is 1.63. The molecule has 0 aliphatic rings. The summed E-state index contributed by atoms with van der Waals surface area (Å²) in [6.45, 7) is 1.73. The number of aryl methyl sites for hydroxylation is 1. The van der Waals surface area contributed by atoms with Gasteiger partial charge in [0.25, 0.3) is 0 Å². The van der Waals surface area contributed by atoms with Gasteiger partial charge in [0.1, 0.15) is 5.82 Å². The second kappa shape index (κ2) is 8.47. The number of benzene rings is 2. The zero-order chi connectivity index (χ0) is 20.1. The van der Waals surface area contributed by atoms with Crippen LogP contribution in [0.2, 0.25) is 0 Å². The quantitative estimate of drug-likeness (QED) is 0.648. The number of hydrogen-bond donors (Lipinski definition) is 1. The van der Waals surface area contributed by atoms with Gasteiger partial charge in [-0.2, -0.15) is 0 Å². The maximum atomic E-state index is 13.8. The predicted molar refractivity (Wildman–Crippen MR) is 101 cm³/mol. The van der Waals surface area contributed by atoms with Crippen LogP contribution in [0.5, 0.6) is 0 Å². The summed E-state index contributed by atoms with van der Waals surface area (Å²) in [7, 11) is 1.30. The predicted octanol–water partition coefficient (Wildman–Crippen LogP) is 4.15. The van der Waals surface area contributed by atoms with E-state index in [1.165, 1.54) is 19.4 Å². The van der Waals surface area contributed by atoms with E-state index in [2.05, 4.69) is 10.3 Å². The molecular formula is C21H19FN2O4. The fourth-order valence-electron chi connectivity index (χ4n) is 2.75. The van der Waals surface area contributed by atoms with Crippen molar-refractivity contribution in [2.45, 2.75) is 19.8 Å². The number of halogens is 1. The number of aromatic nitrogens is 1. The molecular weight excluding hydrogens is 363 g/mol. The van der Waals surface area contributed by atoms with Crippen molar-refractivity contribution in [2.24, 2.45) is 0 Å². The molecule has 3 aromatic rings. The van der Waals surface area contributed by atoms with Gasteiger partial charge in [0.05, 0.1) is 24.4 Å². The summed E-state index contributed by atoms with van der Waals surface area (Å²) >= 11 is 0. The summed E-state index contributed by atoms with van der Waals surface area (Å²) in [5.74, 6) is -0.461. The summed E-state index contributed by atoms with van der Waals surface area (Å²) in [6, 6.07) is 11.3. The first-order valence-electron chi connectivity index (χ1n) is 8.67. The smallest absolute Gasteiger partial charge is 0.338 e. The molecule has 1 aromatic heterocycles. The molecule has 0 aliphatic heterocycles. The Labute approximate surface area is 161 Å². The molecule has 7 heteroatoms. The average molecular weight is 382 g/mol. The number of nitrogens with one attached hydrogen (secondary N) is 1. The van der Waals surface area contributed by atoms with Crippen LogP contribution in [-0.4, -0.2) is 24.0 Å². The highest BCUT2D eigenvalue weighted by Gasteiger charge is 2.15. The Hall–Kier alpha value is -3.48. The van der Waals surface area contributed by atoms with Crippen molar-refractivity contribution in [1.82, 2.24) is 4.98 Å². The molecule has 0 saturated carbocycles. The highest BCUT2D eigenvalue weighted by Crippen LogP contribution is 2.24. The van der Waals surface area contributed by atoms with Crippen molar-refractivity contribution >= 4 is 17.6 Å². The number of hydrogen-bond acceptors (Lipinski definition) is 5. The van der Waals surface area contributed by atoms with E-state index in [1.807, 2.05) is 0 Å². The van der Waals surface area contributed by atoms with Crippen LogP contribution in [-0.2, 0) is 16.0 Å². The molecule has 0 unspecified atom stereocenters. The van der Waals surface area contributed by atoms with Crippen LogP contribution in [0, 0.1) is 12.7 Å². The van der Waals surface area contributed by atoms with Gasteiger partial charge in [0, 0.05) is 18.5 Å². The lowest BCUT2D eigenvalue weighted by Crippen LogP contribution is -2.14. The van der Waals surface area contributed by atoms with Crippen molar-refractivity contribution in [3.63, 3.8) is 0 Å². The highest BCUT2D eigenvalue weighted by atomic mass is 19.1. The van der Waals surface area contributed by atoms with E-state index in [0.29, 0.717) is 34.0 Å². The molecule has 0 bridgehead atoms. The fourth-order valence-corrected chi connectivity index (χ4v) is 2.75. The van der Waals surface area contributed by atoms with Gasteiger partial charge in [0.2, 0.25) is 5.91 Å². The van der Waals surface area contributed by atoms with E-state index < -0.39 is 11.8 Å². The van der Waals surface area contributed by atoms with E-state index in [0.717, 1.165) is 0 Å². The summed E-state index contributed by atoms with van der Waals surface area (Å²) < 4.78 is 24.1. The normalized spacial score (nSPS) is 10.5. The molecule has 0 spiro atoms. The molecule has 1 heterocycles. The molecule has 6 nitrogen and oxygen atoms in total. The molecule has 1 amide bonds. The van der Waals surface area contributed by atoms with Gasteiger partial charge in [-0.25, -0.2) is 14.2 Å². The number of oxazole rings is 1. The summed E-state index contributed by atoms with van der Waals surface area (Å²) in [5.41, 5.74) is 1.87. The number of nitrogens with zero attached hydrogens (tertiary/aromatic N) is 1. The minimum absolute atomic E-state index is 0.124. The molecule has 0 saturated heterocycles. The van der Waals surface area contributed by atoms with Gasteiger partial charge in [-0.3, -0.25) is 4.79 Å². The van der Waals surface area contributed by atoms with E-state index in [-0.39, 0.29) is 18.7 Å². The summed E-state index contributed by atoms with van der Waals surface area (Å²) in [6.07, 6.45) is 1.82. The van der Waals surface area contributed by atoms with Crippen LogP contribution in [0.3, 0.4) is 0 Å². The topological polar surface area (TPSA) is 81.4 Å². The maximum Gasteiger partial charge on any atom is 0.338 e. The summed E-state index contributed by atoms with van der Waals surface area (Å²) in [4.78, 5) is 28.1. The van der Waals surface area contributed by atoms with Crippen molar-refractivity contribution < 1.29 is 23.1 Å². The Morgan fingerprint density at radius 1 is 1.18 bits per heavy atom. The number of rotatable bonds is 6. The van der Waals surface area contributed by atoms with Gasteiger partial charge in [-0.15, -0.1) is 0 Å². The SMILES string of the molecule is COC(=O)c1cccc(NC(=O)CCc2ncc(-c3ccccc3F)o2)c1C. The second-order valence-electron chi connectivity index (χ2n) is 6.12. The molecule has 2 aromatic carbocycles. The van der Waals surface area contributed by atoms with Crippen molar-refractivity contribution in [1.29, 1.82) is 0 Å². The van der Waals surface area contributed by atoms with E-state index in [1.54, 1.807) is 43.3 Å². The Morgan fingerprint density at radius 3 is 2.71 bits per heavy atom. The zero-order valence-electron chi connectivity index (χ0n) is 15.5. The molecule has 0 radical (unpaired) electrons. The Morgan fingerprint density at radius 2 is 1.96 bits per heavy atom. The summed E-state index contributed by atoms with van der Waals surface area (Å²) in [5, 5.41) is 2.77. The second-order valence-corrected chi connectivity index (χ2v) is 6.12. The first kappa shape index (κ1) is 19.3. The van der Waals surface area contributed by atoms with E-state index >= 15 is 0 Å². The third-order valence-electron chi connectivity index (χ3n) is 4.27. The Bertz CT molecular complexity index is 1010. The number of amides is 1. The third-order valence-corrected chi connectivity index (χ3v) is 4.27. The van der Waals surface area contributed by atoms with Crippen molar-refractivity contribution in [3.05, 3.63) is 71.5 Å². The maximum absolute atomic E-state index is 13.8. The van der Waals surface area contributed by atoms with Gasteiger partial charge < -0.3 is 14.5 Å². The van der Waals surface area contributed by atoms with Crippen LogP contribution in [0.4, 0.5) is 10.1 Å². The van der Waals surface area contributed by atoms with Crippen LogP contribution in [0.15, 0.2) is 53.1 Å². The lowest BCUT2D eigenvalue weighted by Gasteiger charge is -2.11. The molecule has 28 heavy (non-hydrogen) atoms. The minimum Gasteiger partial charge on any atom is -0.465 e. The highest BCUT2D eigenvalue weighted by molar-refractivity contribution is 5.96. The number of carbonyl (C=O) groups excluding carboxylic acids is 2. The first-order chi connectivity index (χ1) is 13.5. The molecule has 3 rings (SSSR count). The average Bonchev–Trinajstić information content (AvgIpc) is 3.16.